The summed E-state index contributed by atoms with van der Waals surface area (Å²) in [6.07, 6.45) is 0. The highest BCUT2D eigenvalue weighted by Crippen LogP contribution is 2.32. The van der Waals surface area contributed by atoms with E-state index in [1.165, 1.54) is 13.2 Å². The van der Waals surface area contributed by atoms with Crippen molar-refractivity contribution in [2.45, 2.75) is 0 Å². The van der Waals surface area contributed by atoms with Crippen LogP contribution in [0.25, 0.3) is 0 Å². The normalized spacial score (nSPS) is 9.76. The number of nitriles is 1. The second-order valence-corrected chi connectivity index (χ2v) is 4.07. The molecule has 106 valence electrons. The Labute approximate surface area is 119 Å². The number of benzene rings is 2. The van der Waals surface area contributed by atoms with Gasteiger partial charge in [-0.3, -0.25) is 10.1 Å². The highest BCUT2D eigenvalue weighted by Gasteiger charge is 2.13. The lowest BCUT2D eigenvalue weighted by atomic mass is 10.1. The molecule has 7 heteroatoms. The Morgan fingerprint density at radius 2 is 2.14 bits per heavy atom. The van der Waals surface area contributed by atoms with Gasteiger partial charge in [-0.2, -0.15) is 5.26 Å². The second kappa shape index (κ2) is 5.88. The molecule has 0 bridgehead atoms. The molecule has 0 amide bonds. The zero-order chi connectivity index (χ0) is 15.4. The summed E-state index contributed by atoms with van der Waals surface area (Å²) in [7, 11) is 1.43. The highest BCUT2D eigenvalue weighted by molar-refractivity contribution is 5.73. The minimum atomic E-state index is -0.750. The van der Waals surface area contributed by atoms with Gasteiger partial charge in [0.05, 0.1) is 29.4 Å². The molecule has 0 saturated heterocycles. The predicted molar refractivity (Wildman–Crippen MR) is 74.0 cm³/mol. The summed E-state index contributed by atoms with van der Waals surface area (Å²) in [4.78, 5) is 10.0. The fourth-order valence-corrected chi connectivity index (χ4v) is 1.82. The summed E-state index contributed by atoms with van der Waals surface area (Å²) in [5.74, 6) is -0.374. The summed E-state index contributed by atoms with van der Waals surface area (Å²) >= 11 is 0. The van der Waals surface area contributed by atoms with Crippen molar-refractivity contribution in [2.24, 2.45) is 0 Å². The van der Waals surface area contributed by atoms with Gasteiger partial charge >= 0.3 is 0 Å². The zero-order valence-electron chi connectivity index (χ0n) is 11.0. The average Bonchev–Trinajstić information content (AvgIpc) is 2.46. The molecule has 0 fully saturated rings. The SMILES string of the molecule is COc1cccc(C#N)c1Nc1cc(F)cc([N+](=O)[O-])c1. The van der Waals surface area contributed by atoms with Crippen LogP contribution in [0.15, 0.2) is 36.4 Å². The first-order valence-corrected chi connectivity index (χ1v) is 5.84. The molecule has 0 radical (unpaired) electrons. The number of hydrogen-bond acceptors (Lipinski definition) is 5. The molecule has 6 nitrogen and oxygen atoms in total. The van der Waals surface area contributed by atoms with Gasteiger partial charge < -0.3 is 10.1 Å². The van der Waals surface area contributed by atoms with Crippen molar-refractivity contribution < 1.29 is 14.1 Å². The number of rotatable bonds is 4. The van der Waals surface area contributed by atoms with Gasteiger partial charge in [0.1, 0.15) is 17.6 Å². The Bertz CT molecular complexity index is 741. The van der Waals surface area contributed by atoms with Crippen molar-refractivity contribution in [1.29, 1.82) is 5.26 Å². The van der Waals surface area contributed by atoms with Crippen molar-refractivity contribution in [3.63, 3.8) is 0 Å². The lowest BCUT2D eigenvalue weighted by Gasteiger charge is -2.12. The van der Waals surface area contributed by atoms with Crippen LogP contribution in [0, 0.1) is 27.3 Å². The minimum Gasteiger partial charge on any atom is -0.495 e. The van der Waals surface area contributed by atoms with Gasteiger partial charge in [-0.15, -0.1) is 0 Å². The van der Waals surface area contributed by atoms with Crippen molar-refractivity contribution in [2.75, 3.05) is 12.4 Å². The summed E-state index contributed by atoms with van der Waals surface area (Å²) < 4.78 is 18.5. The van der Waals surface area contributed by atoms with Gasteiger partial charge in [-0.05, 0) is 18.2 Å². The van der Waals surface area contributed by atoms with E-state index in [0.717, 1.165) is 12.1 Å². The largest absolute Gasteiger partial charge is 0.495 e. The molecule has 0 saturated carbocycles. The Morgan fingerprint density at radius 1 is 1.38 bits per heavy atom. The number of nitrogens with one attached hydrogen (secondary N) is 1. The molecule has 0 atom stereocenters. The number of anilines is 2. The number of non-ortho nitro benzene ring substituents is 1. The van der Waals surface area contributed by atoms with Crippen LogP contribution in [0.4, 0.5) is 21.5 Å². The number of hydrogen-bond donors (Lipinski definition) is 1. The molecule has 0 heterocycles. The third kappa shape index (κ3) is 3.06. The van der Waals surface area contributed by atoms with Gasteiger partial charge in [0.2, 0.25) is 0 Å². The fraction of sp³-hybridized carbons (Fsp3) is 0.0714. The van der Waals surface area contributed by atoms with Crippen LogP contribution in [0.3, 0.4) is 0 Å². The van der Waals surface area contributed by atoms with E-state index in [2.05, 4.69) is 5.32 Å². The number of para-hydroxylation sites is 1. The number of ether oxygens (including phenoxy) is 1. The monoisotopic (exact) mass is 287 g/mol. The molecular formula is C14H10FN3O3. The Morgan fingerprint density at radius 3 is 2.76 bits per heavy atom. The number of nitrogens with zero attached hydrogens (tertiary/aromatic N) is 2. The van der Waals surface area contributed by atoms with Gasteiger partial charge in [0.25, 0.3) is 5.69 Å². The van der Waals surface area contributed by atoms with Gasteiger partial charge in [0.15, 0.2) is 0 Å². The molecule has 1 N–H and O–H groups in total. The fourth-order valence-electron chi connectivity index (χ4n) is 1.82. The third-order valence-electron chi connectivity index (χ3n) is 2.73. The van der Waals surface area contributed by atoms with Crippen LogP contribution < -0.4 is 10.1 Å². The highest BCUT2D eigenvalue weighted by atomic mass is 19.1. The summed E-state index contributed by atoms with van der Waals surface area (Å²) in [6, 6.07) is 9.88. The summed E-state index contributed by atoms with van der Waals surface area (Å²) in [6.45, 7) is 0. The maximum atomic E-state index is 13.4. The van der Waals surface area contributed by atoms with Crippen LogP contribution in [-0.2, 0) is 0 Å². The average molecular weight is 287 g/mol. The molecule has 2 rings (SSSR count). The van der Waals surface area contributed by atoms with Crippen LogP contribution in [-0.4, -0.2) is 12.0 Å². The third-order valence-corrected chi connectivity index (χ3v) is 2.73. The van der Waals surface area contributed by atoms with E-state index in [1.54, 1.807) is 18.2 Å². The predicted octanol–water partition coefficient (Wildman–Crippen LogP) is 3.36. The smallest absolute Gasteiger partial charge is 0.274 e. The van der Waals surface area contributed by atoms with Gasteiger partial charge in [0, 0.05) is 11.8 Å². The molecule has 0 aromatic heterocycles. The Kier molecular flexibility index (Phi) is 4.00. The van der Waals surface area contributed by atoms with E-state index in [1.807, 2.05) is 6.07 Å². The molecule has 0 aliphatic heterocycles. The van der Waals surface area contributed by atoms with E-state index in [4.69, 9.17) is 10.00 Å². The first-order valence-electron chi connectivity index (χ1n) is 5.84. The van der Waals surface area contributed by atoms with E-state index in [-0.39, 0.29) is 16.9 Å². The Balaban J connectivity index is 2.48. The van der Waals surface area contributed by atoms with Crippen LogP contribution in [0.1, 0.15) is 5.56 Å². The number of nitro benzene ring substituents is 1. The Hall–Kier alpha value is -3.14. The second-order valence-electron chi connectivity index (χ2n) is 4.07. The molecule has 21 heavy (non-hydrogen) atoms. The lowest BCUT2D eigenvalue weighted by Crippen LogP contribution is -1.99. The van der Waals surface area contributed by atoms with E-state index >= 15 is 0 Å². The topological polar surface area (TPSA) is 88.2 Å². The quantitative estimate of drug-likeness (QED) is 0.688. The molecule has 0 aliphatic rings. The zero-order valence-corrected chi connectivity index (χ0v) is 11.0. The molecular weight excluding hydrogens is 277 g/mol. The van der Waals surface area contributed by atoms with Crippen molar-refractivity contribution in [1.82, 2.24) is 0 Å². The van der Waals surface area contributed by atoms with Gasteiger partial charge in [-0.1, -0.05) is 6.07 Å². The number of halogens is 1. The first-order chi connectivity index (χ1) is 10.0. The molecule has 0 unspecified atom stereocenters. The lowest BCUT2D eigenvalue weighted by molar-refractivity contribution is -0.385. The van der Waals surface area contributed by atoms with Gasteiger partial charge in [-0.25, -0.2) is 4.39 Å². The maximum absolute atomic E-state index is 13.4. The van der Waals surface area contributed by atoms with E-state index in [9.17, 15) is 14.5 Å². The summed E-state index contributed by atoms with van der Waals surface area (Å²) in [5, 5.41) is 22.6. The van der Waals surface area contributed by atoms with Crippen LogP contribution >= 0.6 is 0 Å². The first kappa shape index (κ1) is 14.3. The number of methoxy groups -OCH3 is 1. The number of nitro groups is 1. The van der Waals surface area contributed by atoms with Crippen molar-refractivity contribution in [3.8, 4) is 11.8 Å². The van der Waals surface area contributed by atoms with E-state index < -0.39 is 10.7 Å². The van der Waals surface area contributed by atoms with Crippen molar-refractivity contribution in [3.05, 3.63) is 57.9 Å². The molecule has 2 aromatic carbocycles. The van der Waals surface area contributed by atoms with Crippen molar-refractivity contribution >= 4 is 17.1 Å². The van der Waals surface area contributed by atoms with Crippen LogP contribution in [0.5, 0.6) is 5.75 Å². The van der Waals surface area contributed by atoms with Crippen LogP contribution in [0.2, 0.25) is 0 Å². The molecule has 0 aliphatic carbocycles. The standard InChI is InChI=1S/C14H10FN3O3/c1-21-13-4-2-3-9(8-16)14(13)17-11-5-10(15)6-12(7-11)18(19)20/h2-7,17H,1H3. The summed E-state index contributed by atoms with van der Waals surface area (Å²) in [5.41, 5.74) is 0.372. The maximum Gasteiger partial charge on any atom is 0.274 e. The molecule has 0 spiro atoms. The molecule has 2 aromatic rings. The van der Waals surface area contributed by atoms with E-state index in [0.29, 0.717) is 11.4 Å². The minimum absolute atomic E-state index is 0.155.